The molecule has 0 saturated heterocycles. The van der Waals surface area contributed by atoms with E-state index in [-0.39, 0.29) is 11.4 Å². The zero-order valence-corrected chi connectivity index (χ0v) is 14.6. The molecule has 7 heteroatoms. The third-order valence-corrected chi connectivity index (χ3v) is 5.91. The van der Waals surface area contributed by atoms with E-state index < -0.39 is 10.0 Å². The van der Waals surface area contributed by atoms with Gasteiger partial charge in [0.05, 0.1) is 4.90 Å². The smallest absolute Gasteiger partial charge is 0.242 e. The van der Waals surface area contributed by atoms with Gasteiger partial charge in [0.2, 0.25) is 10.0 Å². The molecule has 1 aromatic heterocycles. The summed E-state index contributed by atoms with van der Waals surface area (Å²) in [6.07, 6.45) is 3.27. The minimum Gasteiger partial charge on any atom is -0.264 e. The molecule has 0 aliphatic carbocycles. The average Bonchev–Trinajstić information content (AvgIpc) is 2.42. The van der Waals surface area contributed by atoms with Crippen molar-refractivity contribution < 1.29 is 8.42 Å². The molecule has 0 bridgehead atoms. The molecule has 20 heavy (non-hydrogen) atoms. The fourth-order valence-corrected chi connectivity index (χ4v) is 4.39. The van der Waals surface area contributed by atoms with Crippen molar-refractivity contribution in [1.82, 2.24) is 9.71 Å². The first-order chi connectivity index (χ1) is 9.40. The van der Waals surface area contributed by atoms with Crippen molar-refractivity contribution in [3.63, 3.8) is 0 Å². The molecule has 4 nitrogen and oxygen atoms in total. The highest BCUT2D eigenvalue weighted by atomic mass is 79.9. The average molecular weight is 420 g/mol. The van der Waals surface area contributed by atoms with Gasteiger partial charge in [-0.25, -0.2) is 13.1 Å². The summed E-state index contributed by atoms with van der Waals surface area (Å²) in [4.78, 5) is 4.18. The fourth-order valence-electron chi connectivity index (χ4n) is 1.60. The van der Waals surface area contributed by atoms with Crippen LogP contribution in [0.25, 0.3) is 0 Å². The molecule has 0 fully saturated rings. The number of halogens is 2. The summed E-state index contributed by atoms with van der Waals surface area (Å²) in [7, 11) is -3.57. The Bertz CT molecular complexity index is 719. The molecule has 2 aromatic rings. The van der Waals surface area contributed by atoms with Crippen molar-refractivity contribution >= 4 is 41.9 Å². The van der Waals surface area contributed by atoms with Crippen molar-refractivity contribution in [2.45, 2.75) is 18.4 Å². The highest BCUT2D eigenvalue weighted by Crippen LogP contribution is 2.28. The number of nitrogens with zero attached hydrogens (tertiary/aromatic N) is 1. The van der Waals surface area contributed by atoms with Gasteiger partial charge >= 0.3 is 0 Å². The van der Waals surface area contributed by atoms with E-state index in [1.54, 1.807) is 30.6 Å². The molecule has 2 rings (SSSR count). The lowest BCUT2D eigenvalue weighted by Crippen LogP contribution is -2.23. The molecule has 0 radical (unpaired) electrons. The Morgan fingerprint density at radius 1 is 1.25 bits per heavy atom. The second-order valence-corrected chi connectivity index (χ2v) is 7.66. The van der Waals surface area contributed by atoms with Crippen LogP contribution in [0.3, 0.4) is 0 Å². The summed E-state index contributed by atoms with van der Waals surface area (Å²) in [5.41, 5.74) is 1.66. The molecule has 1 heterocycles. The Balaban J connectivity index is 2.25. The summed E-state index contributed by atoms with van der Waals surface area (Å²) >= 11 is 6.65. The lowest BCUT2D eigenvalue weighted by atomic mass is 10.2. The van der Waals surface area contributed by atoms with Gasteiger partial charge in [-0.2, -0.15) is 0 Å². The normalized spacial score (nSPS) is 11.6. The molecule has 0 saturated carbocycles. The van der Waals surface area contributed by atoms with E-state index >= 15 is 0 Å². The summed E-state index contributed by atoms with van der Waals surface area (Å²) in [5, 5.41) is 0. The van der Waals surface area contributed by atoms with Crippen LogP contribution in [-0.2, 0) is 16.6 Å². The number of benzene rings is 1. The minimum absolute atomic E-state index is 0.206. The monoisotopic (exact) mass is 418 g/mol. The first-order valence-electron chi connectivity index (χ1n) is 5.74. The molecule has 0 unspecified atom stereocenters. The van der Waals surface area contributed by atoms with Crippen LogP contribution in [0, 0.1) is 6.92 Å². The standard InChI is InChI=1S/C13H12Br2N2O2S/c1-9-5-13(12(15)6-11(9)14)20(18,19)17-8-10-3-2-4-16-7-10/h2-7,17H,8H2,1H3. The van der Waals surface area contributed by atoms with Gasteiger partial charge in [0.15, 0.2) is 0 Å². The van der Waals surface area contributed by atoms with Gasteiger partial charge in [-0.05, 0) is 52.2 Å². The number of hydrogen-bond acceptors (Lipinski definition) is 3. The maximum atomic E-state index is 12.3. The van der Waals surface area contributed by atoms with Gasteiger partial charge in [-0.1, -0.05) is 22.0 Å². The second-order valence-electron chi connectivity index (χ2n) is 4.22. The highest BCUT2D eigenvalue weighted by molar-refractivity contribution is 9.11. The van der Waals surface area contributed by atoms with Gasteiger partial charge in [-0.3, -0.25) is 4.98 Å². The second kappa shape index (κ2) is 6.34. The minimum atomic E-state index is -3.57. The van der Waals surface area contributed by atoms with Crippen LogP contribution in [0.2, 0.25) is 0 Å². The van der Waals surface area contributed by atoms with Crippen LogP contribution in [-0.4, -0.2) is 13.4 Å². The number of pyridine rings is 1. The van der Waals surface area contributed by atoms with Crippen LogP contribution in [0.5, 0.6) is 0 Å². The maximum Gasteiger partial charge on any atom is 0.242 e. The van der Waals surface area contributed by atoms with Crippen molar-refractivity contribution in [2.24, 2.45) is 0 Å². The first-order valence-corrected chi connectivity index (χ1v) is 8.81. The van der Waals surface area contributed by atoms with Crippen LogP contribution >= 0.6 is 31.9 Å². The highest BCUT2D eigenvalue weighted by Gasteiger charge is 2.18. The molecule has 0 aliphatic heterocycles. The Labute approximate surface area is 134 Å². The van der Waals surface area contributed by atoms with Crippen molar-refractivity contribution in [3.05, 3.63) is 56.7 Å². The summed E-state index contributed by atoms with van der Waals surface area (Å²) in [6, 6.07) is 6.94. The molecular weight excluding hydrogens is 408 g/mol. The number of sulfonamides is 1. The van der Waals surface area contributed by atoms with Gasteiger partial charge in [0.25, 0.3) is 0 Å². The van der Waals surface area contributed by atoms with E-state index in [4.69, 9.17) is 0 Å². The molecule has 1 N–H and O–H groups in total. The number of nitrogens with one attached hydrogen (secondary N) is 1. The van der Waals surface area contributed by atoms with Crippen LogP contribution < -0.4 is 4.72 Å². The van der Waals surface area contributed by atoms with E-state index in [1.807, 2.05) is 13.0 Å². The molecular formula is C13H12Br2N2O2S. The molecule has 1 aromatic carbocycles. The van der Waals surface area contributed by atoms with E-state index in [1.165, 1.54) is 0 Å². The largest absolute Gasteiger partial charge is 0.264 e. The Hall–Kier alpha value is -0.760. The van der Waals surface area contributed by atoms with E-state index in [0.29, 0.717) is 4.47 Å². The maximum absolute atomic E-state index is 12.3. The number of rotatable bonds is 4. The molecule has 106 valence electrons. The van der Waals surface area contributed by atoms with Crippen LogP contribution in [0.1, 0.15) is 11.1 Å². The predicted octanol–water partition coefficient (Wildman–Crippen LogP) is 3.39. The molecule has 0 spiro atoms. The van der Waals surface area contributed by atoms with Crippen molar-refractivity contribution in [1.29, 1.82) is 0 Å². The lowest BCUT2D eigenvalue weighted by Gasteiger charge is -2.10. The third kappa shape index (κ3) is 3.66. The van der Waals surface area contributed by atoms with Crippen LogP contribution in [0.15, 0.2) is 50.5 Å². The Morgan fingerprint density at radius 3 is 2.65 bits per heavy atom. The quantitative estimate of drug-likeness (QED) is 0.826. The Kier molecular flexibility index (Phi) is 4.95. The number of hydrogen-bond donors (Lipinski definition) is 1. The Morgan fingerprint density at radius 2 is 2.00 bits per heavy atom. The number of aromatic nitrogens is 1. The molecule has 0 aliphatic rings. The van der Waals surface area contributed by atoms with Crippen LogP contribution in [0.4, 0.5) is 0 Å². The third-order valence-electron chi connectivity index (χ3n) is 2.69. The number of aryl methyl sites for hydroxylation is 1. The summed E-state index contributed by atoms with van der Waals surface area (Å²) < 4.78 is 28.6. The van der Waals surface area contributed by atoms with E-state index in [0.717, 1.165) is 15.6 Å². The summed E-state index contributed by atoms with van der Waals surface area (Å²) in [6.45, 7) is 2.05. The fraction of sp³-hybridized carbons (Fsp3) is 0.154. The van der Waals surface area contributed by atoms with Gasteiger partial charge in [0, 0.05) is 27.9 Å². The van der Waals surface area contributed by atoms with Gasteiger partial charge in [-0.15, -0.1) is 0 Å². The van der Waals surface area contributed by atoms with E-state index in [2.05, 4.69) is 41.6 Å². The predicted molar refractivity (Wildman–Crippen MR) is 84.8 cm³/mol. The van der Waals surface area contributed by atoms with E-state index in [9.17, 15) is 8.42 Å². The topological polar surface area (TPSA) is 59.1 Å². The SMILES string of the molecule is Cc1cc(S(=O)(=O)NCc2cccnc2)c(Br)cc1Br. The molecule has 0 atom stereocenters. The lowest BCUT2D eigenvalue weighted by molar-refractivity contribution is 0.580. The molecule has 0 amide bonds. The zero-order chi connectivity index (χ0) is 14.8. The van der Waals surface area contributed by atoms with Gasteiger partial charge in [0.1, 0.15) is 0 Å². The van der Waals surface area contributed by atoms with Gasteiger partial charge < -0.3 is 0 Å². The zero-order valence-electron chi connectivity index (χ0n) is 10.6. The summed E-state index contributed by atoms with van der Waals surface area (Å²) in [5.74, 6) is 0. The first kappa shape index (κ1) is 15.6. The van der Waals surface area contributed by atoms with Crippen molar-refractivity contribution in [2.75, 3.05) is 0 Å². The van der Waals surface area contributed by atoms with Crippen molar-refractivity contribution in [3.8, 4) is 0 Å².